The van der Waals surface area contributed by atoms with E-state index in [4.69, 9.17) is 4.74 Å². The van der Waals surface area contributed by atoms with Crippen molar-refractivity contribution in [1.82, 2.24) is 0 Å². The molecular weight excluding hydrogens is 296 g/mol. The molecule has 0 aliphatic heterocycles. The number of ether oxygens (including phenoxy) is 1. The lowest BCUT2D eigenvalue weighted by Crippen LogP contribution is -2.00. The van der Waals surface area contributed by atoms with Crippen LogP contribution in [0.4, 0.5) is 0 Å². The quantitative estimate of drug-likeness (QED) is 0.280. The molecule has 0 saturated carbocycles. The van der Waals surface area contributed by atoms with Crippen LogP contribution in [0.1, 0.15) is 18.9 Å². The second-order valence-electron chi connectivity index (χ2n) is 6.05. The van der Waals surface area contributed by atoms with Crippen molar-refractivity contribution in [2.75, 3.05) is 6.61 Å². The third-order valence-electron chi connectivity index (χ3n) is 4.35. The smallest absolute Gasteiger partial charge is 0.330 e. The van der Waals surface area contributed by atoms with E-state index in [1.807, 2.05) is 13.0 Å². The summed E-state index contributed by atoms with van der Waals surface area (Å²) >= 11 is 0. The van der Waals surface area contributed by atoms with E-state index in [1.54, 1.807) is 0 Å². The van der Waals surface area contributed by atoms with Crippen LogP contribution in [0.2, 0.25) is 0 Å². The maximum Gasteiger partial charge on any atom is 0.330 e. The van der Waals surface area contributed by atoms with Gasteiger partial charge in [-0.15, -0.1) is 0 Å². The third-order valence-corrected chi connectivity index (χ3v) is 4.35. The molecule has 0 atom stereocenters. The van der Waals surface area contributed by atoms with Crippen molar-refractivity contribution in [2.45, 2.75) is 13.3 Å². The van der Waals surface area contributed by atoms with Crippen molar-refractivity contribution in [3.63, 3.8) is 0 Å². The molecule has 2 heteroatoms. The van der Waals surface area contributed by atoms with E-state index >= 15 is 0 Å². The van der Waals surface area contributed by atoms with Gasteiger partial charge in [-0.2, -0.15) is 0 Å². The molecule has 0 spiro atoms. The maximum absolute atomic E-state index is 11.7. The summed E-state index contributed by atoms with van der Waals surface area (Å²) in [5.74, 6) is -0.290. The Balaban J connectivity index is 1.82. The molecule has 0 amide bonds. The van der Waals surface area contributed by atoms with Gasteiger partial charge >= 0.3 is 5.97 Å². The van der Waals surface area contributed by atoms with Gasteiger partial charge in [-0.1, -0.05) is 49.4 Å². The van der Waals surface area contributed by atoms with E-state index in [9.17, 15) is 4.79 Å². The Morgan fingerprint density at radius 1 is 0.917 bits per heavy atom. The molecule has 0 fully saturated rings. The monoisotopic (exact) mass is 314 g/mol. The summed E-state index contributed by atoms with van der Waals surface area (Å²) in [6.07, 6.45) is 4.16. The van der Waals surface area contributed by atoms with E-state index in [-0.39, 0.29) is 5.97 Å². The minimum absolute atomic E-state index is 0.290. The van der Waals surface area contributed by atoms with Gasteiger partial charge in [-0.3, -0.25) is 0 Å². The molecule has 0 saturated heterocycles. The van der Waals surface area contributed by atoms with Crippen LogP contribution in [-0.2, 0) is 9.53 Å². The number of rotatable bonds is 4. The molecule has 0 radical (unpaired) electrons. The van der Waals surface area contributed by atoms with Gasteiger partial charge in [0, 0.05) is 6.08 Å². The van der Waals surface area contributed by atoms with Gasteiger partial charge in [0.05, 0.1) is 6.61 Å². The number of esters is 1. The topological polar surface area (TPSA) is 26.3 Å². The van der Waals surface area contributed by atoms with Crippen molar-refractivity contribution < 1.29 is 9.53 Å². The zero-order valence-corrected chi connectivity index (χ0v) is 13.6. The second kappa shape index (κ2) is 5.97. The zero-order chi connectivity index (χ0) is 16.5. The fraction of sp³-hybridized carbons (Fsp3) is 0.136. The number of carbonyl (C=O) groups is 1. The van der Waals surface area contributed by atoms with E-state index in [0.717, 1.165) is 12.0 Å². The summed E-state index contributed by atoms with van der Waals surface area (Å²) < 4.78 is 5.08. The number of benzene rings is 4. The van der Waals surface area contributed by atoms with Crippen LogP contribution >= 0.6 is 0 Å². The van der Waals surface area contributed by atoms with Crippen molar-refractivity contribution >= 4 is 44.4 Å². The standard InChI is InChI=1S/C22H18O2/c1-2-12-24-20(23)11-6-15-13-18-9-7-16-4-3-5-17-8-10-19(14-15)22(18)21(16)17/h3-11,13-14H,2,12H2,1H3. The highest BCUT2D eigenvalue weighted by atomic mass is 16.5. The molecule has 4 rings (SSSR count). The third kappa shape index (κ3) is 2.50. The highest BCUT2D eigenvalue weighted by Crippen LogP contribution is 2.35. The Morgan fingerprint density at radius 3 is 2.12 bits per heavy atom. The number of carbonyl (C=O) groups excluding carboxylic acids is 1. The SMILES string of the molecule is CCCOC(=O)C=Cc1cc2ccc3cccc4ccc(c1)c2c34. The van der Waals surface area contributed by atoms with Crippen LogP contribution in [-0.4, -0.2) is 12.6 Å². The molecule has 0 aliphatic carbocycles. The van der Waals surface area contributed by atoms with Gasteiger partial charge in [0.25, 0.3) is 0 Å². The van der Waals surface area contributed by atoms with E-state index < -0.39 is 0 Å². The highest BCUT2D eigenvalue weighted by Gasteiger charge is 2.08. The summed E-state index contributed by atoms with van der Waals surface area (Å²) in [7, 11) is 0. The van der Waals surface area contributed by atoms with Gasteiger partial charge in [-0.05, 0) is 62.5 Å². The Hall–Kier alpha value is -2.87. The van der Waals surface area contributed by atoms with E-state index in [1.165, 1.54) is 38.4 Å². The highest BCUT2D eigenvalue weighted by molar-refractivity contribution is 6.23. The lowest BCUT2D eigenvalue weighted by molar-refractivity contribution is -0.137. The molecule has 2 nitrogen and oxygen atoms in total. The summed E-state index contributed by atoms with van der Waals surface area (Å²) in [5.41, 5.74) is 1.01. The average Bonchev–Trinajstić information content (AvgIpc) is 2.62. The van der Waals surface area contributed by atoms with Crippen LogP contribution in [0.15, 0.2) is 60.7 Å². The molecular formula is C22H18O2. The second-order valence-corrected chi connectivity index (χ2v) is 6.05. The van der Waals surface area contributed by atoms with Crippen LogP contribution in [0.25, 0.3) is 38.4 Å². The van der Waals surface area contributed by atoms with Crippen molar-refractivity contribution in [3.8, 4) is 0 Å². The molecule has 0 unspecified atom stereocenters. The zero-order valence-electron chi connectivity index (χ0n) is 13.6. The van der Waals surface area contributed by atoms with Gasteiger partial charge < -0.3 is 4.74 Å². The molecule has 4 aromatic carbocycles. The van der Waals surface area contributed by atoms with E-state index in [2.05, 4.69) is 54.6 Å². The van der Waals surface area contributed by atoms with Crippen molar-refractivity contribution in [1.29, 1.82) is 0 Å². The predicted octanol–water partition coefficient (Wildman–Crippen LogP) is 5.55. The molecule has 0 bridgehead atoms. The fourth-order valence-electron chi connectivity index (χ4n) is 3.29. The first kappa shape index (κ1) is 14.7. The normalized spacial score (nSPS) is 11.9. The van der Waals surface area contributed by atoms with Crippen LogP contribution in [0, 0.1) is 0 Å². The Morgan fingerprint density at radius 2 is 1.50 bits per heavy atom. The lowest BCUT2D eigenvalue weighted by atomic mass is 9.93. The Bertz CT molecular complexity index is 996. The summed E-state index contributed by atoms with van der Waals surface area (Å²) in [6.45, 7) is 2.44. The minimum atomic E-state index is -0.290. The van der Waals surface area contributed by atoms with Crippen LogP contribution in [0.3, 0.4) is 0 Å². The molecule has 118 valence electrons. The summed E-state index contributed by atoms with van der Waals surface area (Å²) in [6, 6.07) is 19.3. The average molecular weight is 314 g/mol. The van der Waals surface area contributed by atoms with Crippen LogP contribution < -0.4 is 0 Å². The minimum Gasteiger partial charge on any atom is -0.463 e. The fourth-order valence-corrected chi connectivity index (χ4v) is 3.29. The van der Waals surface area contributed by atoms with Gasteiger partial charge in [0.2, 0.25) is 0 Å². The molecule has 0 aliphatic rings. The first-order valence-electron chi connectivity index (χ1n) is 8.28. The molecule has 0 aromatic heterocycles. The predicted molar refractivity (Wildman–Crippen MR) is 100 cm³/mol. The van der Waals surface area contributed by atoms with E-state index in [0.29, 0.717) is 6.61 Å². The van der Waals surface area contributed by atoms with Gasteiger partial charge in [-0.25, -0.2) is 4.79 Å². The largest absolute Gasteiger partial charge is 0.463 e. The molecule has 0 N–H and O–H groups in total. The Kier molecular flexibility index (Phi) is 3.66. The number of hydrogen-bond donors (Lipinski definition) is 0. The van der Waals surface area contributed by atoms with Crippen LogP contribution in [0.5, 0.6) is 0 Å². The van der Waals surface area contributed by atoms with Gasteiger partial charge in [0.1, 0.15) is 0 Å². The molecule has 4 aromatic rings. The van der Waals surface area contributed by atoms with Crippen molar-refractivity contribution in [2.24, 2.45) is 0 Å². The lowest BCUT2D eigenvalue weighted by Gasteiger charge is -2.11. The first-order chi connectivity index (χ1) is 11.8. The van der Waals surface area contributed by atoms with Crippen molar-refractivity contribution in [3.05, 3.63) is 66.2 Å². The molecule has 24 heavy (non-hydrogen) atoms. The van der Waals surface area contributed by atoms with Gasteiger partial charge in [0.15, 0.2) is 0 Å². The Labute approximate surface area is 140 Å². The molecule has 0 heterocycles. The summed E-state index contributed by atoms with van der Waals surface area (Å²) in [5, 5.41) is 7.51. The summed E-state index contributed by atoms with van der Waals surface area (Å²) in [4.78, 5) is 11.7. The maximum atomic E-state index is 11.7. The first-order valence-corrected chi connectivity index (χ1v) is 8.28. The number of hydrogen-bond acceptors (Lipinski definition) is 2.